The van der Waals surface area contributed by atoms with Crippen molar-refractivity contribution < 1.29 is 9.53 Å². The molecule has 0 unspecified atom stereocenters. The van der Waals surface area contributed by atoms with Crippen LogP contribution in [0.1, 0.15) is 22.3 Å². The number of halogens is 1. The number of hydrogen-bond donors (Lipinski definition) is 1. The lowest BCUT2D eigenvalue weighted by Crippen LogP contribution is -2.42. The Balaban J connectivity index is 2.09. The molecule has 2 aromatic carbocycles. The Kier molecular flexibility index (Phi) is 7.81. The molecule has 0 saturated carbocycles. The lowest BCUT2D eigenvalue weighted by atomic mass is 10.2. The molecule has 134 valence electrons. The molecule has 1 N–H and O–H groups in total. The van der Waals surface area contributed by atoms with Crippen LogP contribution < -0.4 is 10.1 Å². The minimum atomic E-state index is -0.286. The van der Waals surface area contributed by atoms with E-state index in [1.165, 1.54) is 0 Å². The summed E-state index contributed by atoms with van der Waals surface area (Å²) in [6.45, 7) is 0.979. The highest BCUT2D eigenvalue weighted by atomic mass is 127. The van der Waals surface area contributed by atoms with E-state index in [9.17, 15) is 4.79 Å². The number of methoxy groups -OCH3 is 1. The maximum absolute atomic E-state index is 12.5. The first kappa shape index (κ1) is 20.1. The molecular weight excluding hydrogens is 461 g/mol. The molecule has 0 spiro atoms. The normalized spacial score (nSPS) is 9.88. The molecule has 0 bridgehead atoms. The zero-order valence-electron chi connectivity index (χ0n) is 14.2. The smallest absolute Gasteiger partial charge is 0.257 e. The van der Waals surface area contributed by atoms with Crippen LogP contribution in [-0.2, 0) is 6.54 Å². The Labute approximate surface area is 172 Å². The van der Waals surface area contributed by atoms with E-state index in [0.29, 0.717) is 35.9 Å². The molecule has 0 saturated heterocycles. The minimum absolute atomic E-state index is 0.286. The van der Waals surface area contributed by atoms with Gasteiger partial charge < -0.3 is 9.64 Å². The summed E-state index contributed by atoms with van der Waals surface area (Å²) in [6, 6.07) is 17.1. The van der Waals surface area contributed by atoms with Crippen molar-refractivity contribution in [2.45, 2.75) is 13.0 Å². The van der Waals surface area contributed by atoms with Gasteiger partial charge in [-0.25, -0.2) is 0 Å². The Morgan fingerprint density at radius 1 is 1.31 bits per heavy atom. The third-order valence-corrected chi connectivity index (χ3v) is 4.83. The summed E-state index contributed by atoms with van der Waals surface area (Å²) in [7, 11) is 1.59. The molecule has 1 amide bonds. The van der Waals surface area contributed by atoms with Gasteiger partial charge in [0.2, 0.25) is 0 Å². The Morgan fingerprint density at radius 2 is 2.04 bits per heavy atom. The molecule has 0 aliphatic rings. The predicted octanol–water partition coefficient (Wildman–Crippen LogP) is 3.73. The highest BCUT2D eigenvalue weighted by Gasteiger charge is 2.15. The van der Waals surface area contributed by atoms with Gasteiger partial charge in [-0.3, -0.25) is 10.1 Å². The van der Waals surface area contributed by atoms with Gasteiger partial charge in [-0.2, -0.15) is 5.26 Å². The second-order valence-electron chi connectivity index (χ2n) is 5.42. The zero-order chi connectivity index (χ0) is 18.9. The number of nitriles is 1. The Bertz CT molecular complexity index is 821. The lowest BCUT2D eigenvalue weighted by molar-refractivity contribution is 0.0973. The van der Waals surface area contributed by atoms with Gasteiger partial charge in [0.15, 0.2) is 5.11 Å². The monoisotopic (exact) mass is 479 g/mol. The largest absolute Gasteiger partial charge is 0.496 e. The number of carbonyl (C=O) groups excluding carboxylic acids is 1. The van der Waals surface area contributed by atoms with Crippen LogP contribution in [0.15, 0.2) is 48.5 Å². The maximum Gasteiger partial charge on any atom is 0.257 e. The number of amides is 1. The molecule has 0 aliphatic carbocycles. The van der Waals surface area contributed by atoms with E-state index in [1.54, 1.807) is 25.3 Å². The van der Waals surface area contributed by atoms with E-state index in [0.717, 1.165) is 9.13 Å². The number of rotatable bonds is 6. The van der Waals surface area contributed by atoms with Crippen LogP contribution in [0.2, 0.25) is 0 Å². The molecule has 0 radical (unpaired) electrons. The minimum Gasteiger partial charge on any atom is -0.496 e. The van der Waals surface area contributed by atoms with E-state index in [1.807, 2.05) is 35.2 Å². The maximum atomic E-state index is 12.5. The summed E-state index contributed by atoms with van der Waals surface area (Å²) in [4.78, 5) is 14.3. The summed E-state index contributed by atoms with van der Waals surface area (Å²) in [5, 5.41) is 11.9. The van der Waals surface area contributed by atoms with Gasteiger partial charge in [-0.15, -0.1) is 0 Å². The standard InChI is InChI=1S/C19H18IN3O2S/c1-25-17-9-8-15(12-16(17)20)18(24)22-19(26)23(11-5-10-21)13-14-6-3-2-4-7-14/h2-4,6-9,12H,5,11,13H2,1H3,(H,22,24,26). The fourth-order valence-corrected chi connectivity index (χ4v) is 3.28. The van der Waals surface area contributed by atoms with Crippen LogP contribution in [-0.4, -0.2) is 29.6 Å². The molecule has 0 aliphatic heterocycles. The molecule has 7 heteroatoms. The van der Waals surface area contributed by atoms with Crippen molar-refractivity contribution in [1.82, 2.24) is 10.2 Å². The van der Waals surface area contributed by atoms with Crippen LogP contribution in [0.3, 0.4) is 0 Å². The number of ether oxygens (including phenoxy) is 1. The van der Waals surface area contributed by atoms with Gasteiger partial charge in [0.05, 0.1) is 23.2 Å². The van der Waals surface area contributed by atoms with E-state index in [2.05, 4.69) is 34.0 Å². The first-order valence-electron chi connectivity index (χ1n) is 7.90. The number of nitrogens with zero attached hydrogens (tertiary/aromatic N) is 2. The Hall–Kier alpha value is -2.18. The highest BCUT2D eigenvalue weighted by molar-refractivity contribution is 14.1. The van der Waals surface area contributed by atoms with Crippen molar-refractivity contribution in [3.05, 3.63) is 63.2 Å². The Morgan fingerprint density at radius 3 is 2.65 bits per heavy atom. The van der Waals surface area contributed by atoms with Gasteiger partial charge in [0, 0.05) is 18.7 Å². The molecule has 0 fully saturated rings. The molecule has 26 heavy (non-hydrogen) atoms. The number of thiocarbonyl (C=S) groups is 1. The second kappa shape index (κ2) is 10.1. The SMILES string of the molecule is COc1ccc(C(=O)NC(=S)N(CCC#N)Cc2ccccc2)cc1I. The van der Waals surface area contributed by atoms with Gasteiger partial charge >= 0.3 is 0 Å². The predicted molar refractivity (Wildman–Crippen MR) is 113 cm³/mol. The van der Waals surface area contributed by atoms with Crippen molar-refractivity contribution in [3.63, 3.8) is 0 Å². The average molecular weight is 479 g/mol. The van der Waals surface area contributed by atoms with Crippen molar-refractivity contribution in [2.75, 3.05) is 13.7 Å². The third kappa shape index (κ3) is 5.68. The van der Waals surface area contributed by atoms with Gasteiger partial charge in [0.25, 0.3) is 5.91 Å². The summed E-state index contributed by atoms with van der Waals surface area (Å²) in [5.74, 6) is 0.426. The molecule has 0 atom stereocenters. The molecule has 0 heterocycles. The summed E-state index contributed by atoms with van der Waals surface area (Å²) in [6.07, 6.45) is 0.323. The fraction of sp³-hybridized carbons (Fsp3) is 0.211. The van der Waals surface area contributed by atoms with E-state index >= 15 is 0 Å². The van der Waals surface area contributed by atoms with E-state index in [4.69, 9.17) is 22.2 Å². The molecule has 0 aromatic heterocycles. The molecular formula is C19H18IN3O2S. The quantitative estimate of drug-likeness (QED) is 0.506. The highest BCUT2D eigenvalue weighted by Crippen LogP contribution is 2.21. The van der Waals surface area contributed by atoms with E-state index in [-0.39, 0.29) is 5.91 Å². The van der Waals surface area contributed by atoms with Crippen molar-refractivity contribution >= 4 is 45.8 Å². The first-order valence-corrected chi connectivity index (χ1v) is 9.38. The summed E-state index contributed by atoms with van der Waals surface area (Å²) >= 11 is 7.52. The lowest BCUT2D eigenvalue weighted by Gasteiger charge is -2.24. The molecule has 2 aromatic rings. The average Bonchev–Trinajstić information content (AvgIpc) is 2.65. The third-order valence-electron chi connectivity index (χ3n) is 3.63. The van der Waals surface area contributed by atoms with Crippen LogP contribution in [0.5, 0.6) is 5.75 Å². The number of nitrogens with one attached hydrogen (secondary N) is 1. The first-order chi connectivity index (χ1) is 12.5. The van der Waals surface area contributed by atoms with Crippen LogP contribution in [0.25, 0.3) is 0 Å². The number of benzene rings is 2. The topological polar surface area (TPSA) is 65.4 Å². The van der Waals surface area contributed by atoms with Gasteiger partial charge in [-0.05, 0) is 58.6 Å². The number of hydrogen-bond acceptors (Lipinski definition) is 4. The second-order valence-corrected chi connectivity index (χ2v) is 6.97. The van der Waals surface area contributed by atoms with Gasteiger partial charge in [-0.1, -0.05) is 30.3 Å². The number of carbonyl (C=O) groups is 1. The van der Waals surface area contributed by atoms with Crippen LogP contribution in [0.4, 0.5) is 0 Å². The molecule has 5 nitrogen and oxygen atoms in total. The van der Waals surface area contributed by atoms with Gasteiger partial charge in [0.1, 0.15) is 5.75 Å². The van der Waals surface area contributed by atoms with E-state index < -0.39 is 0 Å². The summed E-state index contributed by atoms with van der Waals surface area (Å²) < 4.78 is 6.05. The summed E-state index contributed by atoms with van der Waals surface area (Å²) in [5.41, 5.74) is 1.55. The van der Waals surface area contributed by atoms with Crippen LogP contribution in [0, 0.1) is 14.9 Å². The zero-order valence-corrected chi connectivity index (χ0v) is 17.2. The van der Waals surface area contributed by atoms with Crippen molar-refractivity contribution in [3.8, 4) is 11.8 Å². The van der Waals surface area contributed by atoms with Crippen molar-refractivity contribution in [2.24, 2.45) is 0 Å². The molecule has 2 rings (SSSR count). The van der Waals surface area contributed by atoms with Crippen LogP contribution >= 0.6 is 34.8 Å². The van der Waals surface area contributed by atoms with Crippen molar-refractivity contribution in [1.29, 1.82) is 5.26 Å². The fourth-order valence-electron chi connectivity index (χ4n) is 2.30.